The van der Waals surface area contributed by atoms with E-state index >= 15 is 0 Å². The van der Waals surface area contributed by atoms with Crippen molar-refractivity contribution in [2.75, 3.05) is 26.7 Å². The molecule has 0 atom stereocenters. The SMILES string of the molecule is COc1cccc(O)c1C(=O)NCC1(c2ccccc2F)CCN(S(=O)(=O)O)CC1. The van der Waals surface area contributed by atoms with E-state index in [0.717, 1.165) is 4.31 Å². The van der Waals surface area contributed by atoms with Crippen molar-refractivity contribution in [2.24, 2.45) is 0 Å². The lowest BCUT2D eigenvalue weighted by Crippen LogP contribution is -2.50. The van der Waals surface area contributed by atoms with Crippen LogP contribution in [0, 0.1) is 5.82 Å². The molecule has 10 heteroatoms. The molecule has 30 heavy (non-hydrogen) atoms. The number of halogens is 1. The fraction of sp³-hybridized carbons (Fsp3) is 0.350. The van der Waals surface area contributed by atoms with Crippen molar-refractivity contribution in [2.45, 2.75) is 18.3 Å². The number of piperidine rings is 1. The van der Waals surface area contributed by atoms with Gasteiger partial charge in [0.15, 0.2) is 0 Å². The van der Waals surface area contributed by atoms with Crippen LogP contribution in [0.4, 0.5) is 4.39 Å². The largest absolute Gasteiger partial charge is 0.507 e. The topological polar surface area (TPSA) is 116 Å². The Morgan fingerprint density at radius 3 is 2.47 bits per heavy atom. The number of nitrogens with zero attached hydrogens (tertiary/aromatic N) is 1. The molecule has 1 aliphatic heterocycles. The number of amides is 1. The smallest absolute Gasteiger partial charge is 0.335 e. The molecular weight excluding hydrogens is 415 g/mol. The zero-order valence-electron chi connectivity index (χ0n) is 16.3. The van der Waals surface area contributed by atoms with Crippen LogP contribution in [-0.4, -0.2) is 55.0 Å². The van der Waals surface area contributed by atoms with E-state index in [1.807, 2.05) is 0 Å². The first kappa shape index (κ1) is 22.0. The molecule has 1 aliphatic rings. The normalized spacial score (nSPS) is 16.8. The Hall–Kier alpha value is -2.69. The van der Waals surface area contributed by atoms with Gasteiger partial charge >= 0.3 is 10.3 Å². The Balaban J connectivity index is 1.88. The van der Waals surface area contributed by atoms with Crippen LogP contribution in [-0.2, 0) is 15.7 Å². The van der Waals surface area contributed by atoms with Gasteiger partial charge in [-0.25, -0.2) is 4.39 Å². The standard InChI is InChI=1S/C20H23FN2O6S/c1-29-17-8-4-7-16(24)18(17)19(25)22-13-20(14-5-2-3-6-15(14)21)9-11-23(12-10-20)30(26,27)28/h2-8,24H,9-13H2,1H3,(H,22,25)(H,26,27,28). The molecule has 0 spiro atoms. The number of phenolic OH excluding ortho intramolecular Hbond substituents is 1. The van der Waals surface area contributed by atoms with E-state index < -0.39 is 27.4 Å². The number of hydrogen-bond donors (Lipinski definition) is 3. The molecule has 1 fully saturated rings. The van der Waals surface area contributed by atoms with Crippen molar-refractivity contribution in [3.05, 3.63) is 59.4 Å². The van der Waals surface area contributed by atoms with Gasteiger partial charge < -0.3 is 15.2 Å². The molecule has 1 amide bonds. The lowest BCUT2D eigenvalue weighted by molar-refractivity contribution is 0.0925. The third-order valence-corrected chi connectivity index (χ3v) is 6.51. The third-order valence-electron chi connectivity index (χ3n) is 5.49. The van der Waals surface area contributed by atoms with E-state index in [0.29, 0.717) is 5.56 Å². The van der Waals surface area contributed by atoms with Crippen molar-refractivity contribution in [1.29, 1.82) is 0 Å². The molecule has 0 radical (unpaired) electrons. The summed E-state index contributed by atoms with van der Waals surface area (Å²) in [6.45, 7) is -0.0462. The van der Waals surface area contributed by atoms with Crippen LogP contribution < -0.4 is 10.1 Å². The molecule has 2 aromatic carbocycles. The summed E-state index contributed by atoms with van der Waals surface area (Å²) in [5, 5.41) is 12.8. The van der Waals surface area contributed by atoms with Gasteiger partial charge in [0, 0.05) is 25.0 Å². The minimum Gasteiger partial charge on any atom is -0.507 e. The fourth-order valence-electron chi connectivity index (χ4n) is 3.83. The molecule has 162 valence electrons. The second kappa shape index (κ2) is 8.58. The van der Waals surface area contributed by atoms with Crippen molar-refractivity contribution >= 4 is 16.2 Å². The Morgan fingerprint density at radius 2 is 1.87 bits per heavy atom. The Kier molecular flexibility index (Phi) is 6.30. The van der Waals surface area contributed by atoms with Crippen LogP contribution in [0.25, 0.3) is 0 Å². The highest BCUT2D eigenvalue weighted by atomic mass is 32.2. The molecule has 8 nitrogen and oxygen atoms in total. The predicted octanol–water partition coefficient (Wildman–Crippen LogP) is 2.11. The number of rotatable bonds is 6. The molecule has 3 N–H and O–H groups in total. The first-order valence-electron chi connectivity index (χ1n) is 9.30. The van der Waals surface area contributed by atoms with Crippen LogP contribution >= 0.6 is 0 Å². The van der Waals surface area contributed by atoms with Crippen molar-refractivity contribution < 1.29 is 32.0 Å². The van der Waals surface area contributed by atoms with Gasteiger partial charge in [-0.15, -0.1) is 0 Å². The zero-order valence-corrected chi connectivity index (χ0v) is 17.2. The van der Waals surface area contributed by atoms with Gasteiger partial charge in [0.1, 0.15) is 22.9 Å². The summed E-state index contributed by atoms with van der Waals surface area (Å²) < 4.78 is 52.9. The van der Waals surface area contributed by atoms with Gasteiger partial charge in [-0.05, 0) is 36.6 Å². The summed E-state index contributed by atoms with van der Waals surface area (Å²) in [5.74, 6) is -1.13. The van der Waals surface area contributed by atoms with Crippen LogP contribution in [0.15, 0.2) is 42.5 Å². The fourth-order valence-corrected chi connectivity index (χ4v) is 4.48. The zero-order chi connectivity index (χ0) is 21.9. The minimum atomic E-state index is -4.35. The van der Waals surface area contributed by atoms with Crippen molar-refractivity contribution in [3.8, 4) is 11.5 Å². The summed E-state index contributed by atoms with van der Waals surface area (Å²) in [6.07, 6.45) is 0.373. The van der Waals surface area contributed by atoms with E-state index in [4.69, 9.17) is 4.74 Å². The van der Waals surface area contributed by atoms with Crippen LogP contribution in [0.5, 0.6) is 11.5 Å². The van der Waals surface area contributed by atoms with Crippen molar-refractivity contribution in [3.63, 3.8) is 0 Å². The maximum atomic E-state index is 14.6. The van der Waals surface area contributed by atoms with Crippen LogP contribution in [0.2, 0.25) is 0 Å². The summed E-state index contributed by atoms with van der Waals surface area (Å²) in [7, 11) is -2.98. The van der Waals surface area contributed by atoms with Crippen molar-refractivity contribution in [1.82, 2.24) is 9.62 Å². The summed E-state index contributed by atoms with van der Waals surface area (Å²) >= 11 is 0. The van der Waals surface area contributed by atoms with E-state index in [1.165, 1.54) is 31.4 Å². The van der Waals surface area contributed by atoms with Gasteiger partial charge in [0.2, 0.25) is 0 Å². The minimum absolute atomic E-state index is 0.00354. The third kappa shape index (κ3) is 4.40. The number of benzene rings is 2. The molecular formula is C20H23FN2O6S. The highest BCUT2D eigenvalue weighted by molar-refractivity contribution is 7.83. The maximum absolute atomic E-state index is 14.6. The molecule has 0 unspecified atom stereocenters. The molecule has 3 rings (SSSR count). The number of nitrogens with one attached hydrogen (secondary N) is 1. The number of phenols is 1. The second-order valence-corrected chi connectivity index (χ2v) is 8.59. The molecule has 0 saturated carbocycles. The number of carbonyl (C=O) groups excluding carboxylic acids is 1. The average molecular weight is 438 g/mol. The first-order chi connectivity index (χ1) is 14.2. The molecule has 0 bridgehead atoms. The maximum Gasteiger partial charge on any atom is 0.335 e. The highest BCUT2D eigenvalue weighted by Gasteiger charge is 2.41. The second-order valence-electron chi connectivity index (χ2n) is 7.17. The monoisotopic (exact) mass is 438 g/mol. The van der Waals surface area contributed by atoms with Crippen LogP contribution in [0.1, 0.15) is 28.8 Å². The molecule has 1 saturated heterocycles. The lowest BCUT2D eigenvalue weighted by atomic mass is 9.72. The average Bonchev–Trinajstić information content (AvgIpc) is 2.71. The summed E-state index contributed by atoms with van der Waals surface area (Å²) in [5.41, 5.74) is -0.580. The van der Waals surface area contributed by atoms with E-state index in [-0.39, 0.29) is 49.5 Å². The predicted molar refractivity (Wildman–Crippen MR) is 107 cm³/mol. The molecule has 0 aliphatic carbocycles. The number of methoxy groups -OCH3 is 1. The number of ether oxygens (including phenoxy) is 1. The van der Waals surface area contributed by atoms with Gasteiger partial charge in [-0.1, -0.05) is 24.3 Å². The first-order valence-corrected chi connectivity index (χ1v) is 10.7. The summed E-state index contributed by atoms with van der Waals surface area (Å²) in [4.78, 5) is 12.8. The highest BCUT2D eigenvalue weighted by Crippen LogP contribution is 2.37. The Bertz CT molecular complexity index is 1040. The molecule has 0 aromatic heterocycles. The number of hydrogen-bond acceptors (Lipinski definition) is 5. The Morgan fingerprint density at radius 1 is 1.20 bits per heavy atom. The molecule has 1 heterocycles. The number of aromatic hydroxyl groups is 1. The van der Waals surface area contributed by atoms with Gasteiger partial charge in [0.25, 0.3) is 5.91 Å². The van der Waals surface area contributed by atoms with Gasteiger partial charge in [0.05, 0.1) is 7.11 Å². The lowest BCUT2D eigenvalue weighted by Gasteiger charge is -2.41. The quantitative estimate of drug-likeness (QED) is 0.595. The molecule has 2 aromatic rings. The van der Waals surface area contributed by atoms with E-state index in [1.54, 1.807) is 18.2 Å². The van der Waals surface area contributed by atoms with Gasteiger partial charge in [-0.3, -0.25) is 9.35 Å². The summed E-state index contributed by atoms with van der Waals surface area (Å²) in [6, 6.07) is 10.6. The van der Waals surface area contributed by atoms with E-state index in [9.17, 15) is 27.3 Å². The van der Waals surface area contributed by atoms with Crippen LogP contribution in [0.3, 0.4) is 0 Å². The van der Waals surface area contributed by atoms with E-state index in [2.05, 4.69) is 5.32 Å². The van der Waals surface area contributed by atoms with Gasteiger partial charge in [-0.2, -0.15) is 12.7 Å². The Labute approximate surface area is 174 Å². The number of carbonyl (C=O) groups is 1.